The van der Waals surface area contributed by atoms with Gasteiger partial charge in [-0.3, -0.25) is 0 Å². The highest BCUT2D eigenvalue weighted by Gasteiger charge is 2.32. The number of benzene rings is 1. The lowest BCUT2D eigenvalue weighted by Crippen LogP contribution is -2.49. The number of para-hydroxylation sites is 1. The Balaban J connectivity index is 2.14. The fourth-order valence-electron chi connectivity index (χ4n) is 2.60. The van der Waals surface area contributed by atoms with Crippen LogP contribution < -0.4 is 10.6 Å². The number of rotatable bonds is 2. The minimum Gasteiger partial charge on any atom is -0.350 e. The van der Waals surface area contributed by atoms with Gasteiger partial charge >= 0.3 is 0 Å². The van der Waals surface area contributed by atoms with E-state index in [2.05, 4.69) is 43.0 Å². The van der Waals surface area contributed by atoms with Gasteiger partial charge in [0, 0.05) is 24.0 Å². The molecule has 94 valence electrons. The lowest BCUT2D eigenvalue weighted by molar-refractivity contribution is 0.478. The average Bonchev–Trinajstić information content (AvgIpc) is 2.79. The highest BCUT2D eigenvalue weighted by molar-refractivity contribution is 5.82. The van der Waals surface area contributed by atoms with Crippen LogP contribution in [0, 0.1) is 0 Å². The first-order chi connectivity index (χ1) is 8.62. The number of hydrogen-bond acceptors (Lipinski definition) is 3. The van der Waals surface area contributed by atoms with Gasteiger partial charge in [0.25, 0.3) is 0 Å². The van der Waals surface area contributed by atoms with Gasteiger partial charge in [-0.25, -0.2) is 4.98 Å². The predicted octanol–water partition coefficient (Wildman–Crippen LogP) is 2.33. The van der Waals surface area contributed by atoms with E-state index in [0.29, 0.717) is 6.54 Å². The van der Waals surface area contributed by atoms with E-state index in [4.69, 9.17) is 10.7 Å². The molecule has 0 unspecified atom stereocenters. The number of hydrogen-bond donors (Lipinski definition) is 1. The van der Waals surface area contributed by atoms with Gasteiger partial charge in [-0.1, -0.05) is 18.2 Å². The second-order valence-corrected chi connectivity index (χ2v) is 5.58. The maximum Gasteiger partial charge on any atom is 0.133 e. The van der Waals surface area contributed by atoms with Crippen molar-refractivity contribution in [3.8, 4) is 0 Å². The molecule has 2 aromatic rings. The van der Waals surface area contributed by atoms with Crippen molar-refractivity contribution in [3.63, 3.8) is 0 Å². The Hall–Kier alpha value is -1.61. The van der Waals surface area contributed by atoms with Crippen LogP contribution in [0.5, 0.6) is 0 Å². The molecule has 0 saturated carbocycles. The minimum absolute atomic E-state index is 0.0271. The fourth-order valence-corrected chi connectivity index (χ4v) is 2.60. The van der Waals surface area contributed by atoms with Crippen LogP contribution in [0.15, 0.2) is 30.3 Å². The molecule has 0 aliphatic carbocycles. The van der Waals surface area contributed by atoms with E-state index >= 15 is 0 Å². The van der Waals surface area contributed by atoms with Gasteiger partial charge in [-0.15, -0.1) is 0 Å². The Labute approximate surface area is 108 Å². The Kier molecular flexibility index (Phi) is 2.52. The van der Waals surface area contributed by atoms with E-state index in [1.807, 2.05) is 6.07 Å². The van der Waals surface area contributed by atoms with Crippen LogP contribution in [0.25, 0.3) is 10.9 Å². The number of anilines is 1. The van der Waals surface area contributed by atoms with Gasteiger partial charge in [0.2, 0.25) is 0 Å². The first kappa shape index (κ1) is 11.5. The smallest absolute Gasteiger partial charge is 0.133 e. The first-order valence-corrected chi connectivity index (χ1v) is 6.48. The third-order valence-electron chi connectivity index (χ3n) is 3.87. The van der Waals surface area contributed by atoms with E-state index in [0.717, 1.165) is 24.3 Å². The van der Waals surface area contributed by atoms with Gasteiger partial charge in [-0.2, -0.15) is 0 Å². The van der Waals surface area contributed by atoms with E-state index in [1.165, 1.54) is 10.9 Å². The summed E-state index contributed by atoms with van der Waals surface area (Å²) in [5, 5.41) is 1.23. The monoisotopic (exact) mass is 241 g/mol. The molecule has 0 radical (unpaired) electrons. The summed E-state index contributed by atoms with van der Waals surface area (Å²) in [5.74, 6) is 1.11. The Morgan fingerprint density at radius 1 is 1.33 bits per heavy atom. The number of pyridine rings is 1. The molecule has 1 aliphatic rings. The summed E-state index contributed by atoms with van der Waals surface area (Å²) in [7, 11) is 0. The van der Waals surface area contributed by atoms with E-state index in [9.17, 15) is 0 Å². The van der Waals surface area contributed by atoms with Crippen molar-refractivity contribution in [1.29, 1.82) is 0 Å². The van der Waals surface area contributed by atoms with Crippen molar-refractivity contribution in [2.75, 3.05) is 18.0 Å². The summed E-state index contributed by atoms with van der Waals surface area (Å²) in [4.78, 5) is 7.16. The third kappa shape index (κ3) is 1.66. The SMILES string of the molecule is CC(C)(CN)N1CCc2cc3ccccc3nc21. The largest absolute Gasteiger partial charge is 0.350 e. The predicted molar refractivity (Wildman–Crippen MR) is 75.9 cm³/mol. The van der Waals surface area contributed by atoms with E-state index in [-0.39, 0.29) is 5.54 Å². The fraction of sp³-hybridized carbons (Fsp3) is 0.400. The molecular weight excluding hydrogens is 222 g/mol. The van der Waals surface area contributed by atoms with Crippen LogP contribution in [-0.4, -0.2) is 23.6 Å². The molecular formula is C15H19N3. The summed E-state index contributed by atoms with van der Waals surface area (Å²) >= 11 is 0. The molecule has 1 aromatic carbocycles. The van der Waals surface area contributed by atoms with Crippen LogP contribution >= 0.6 is 0 Å². The molecule has 0 amide bonds. The molecule has 2 N–H and O–H groups in total. The van der Waals surface area contributed by atoms with E-state index < -0.39 is 0 Å². The van der Waals surface area contributed by atoms with Crippen LogP contribution in [-0.2, 0) is 6.42 Å². The molecule has 0 atom stereocenters. The summed E-state index contributed by atoms with van der Waals surface area (Å²) < 4.78 is 0. The van der Waals surface area contributed by atoms with Gasteiger partial charge in [-0.05, 0) is 38.0 Å². The second kappa shape index (κ2) is 3.95. The zero-order valence-electron chi connectivity index (χ0n) is 11.0. The summed E-state index contributed by atoms with van der Waals surface area (Å²) in [6.45, 7) is 6.02. The molecule has 0 spiro atoms. The van der Waals surface area contributed by atoms with Crippen LogP contribution in [0.1, 0.15) is 19.4 Å². The maximum absolute atomic E-state index is 5.89. The van der Waals surface area contributed by atoms with Crippen molar-refractivity contribution in [3.05, 3.63) is 35.9 Å². The molecule has 3 rings (SSSR count). The number of aromatic nitrogens is 1. The number of fused-ring (bicyclic) bond motifs is 2. The molecule has 0 saturated heterocycles. The van der Waals surface area contributed by atoms with Gasteiger partial charge in [0.05, 0.1) is 5.52 Å². The van der Waals surface area contributed by atoms with Gasteiger partial charge < -0.3 is 10.6 Å². The number of nitrogens with zero attached hydrogens (tertiary/aromatic N) is 2. The second-order valence-electron chi connectivity index (χ2n) is 5.58. The highest BCUT2D eigenvalue weighted by atomic mass is 15.3. The molecule has 1 aliphatic heterocycles. The van der Waals surface area contributed by atoms with Crippen LogP contribution in [0.3, 0.4) is 0 Å². The summed E-state index contributed by atoms with van der Waals surface area (Å²) in [6, 6.07) is 10.6. The third-order valence-corrected chi connectivity index (χ3v) is 3.87. The normalized spacial score (nSPS) is 15.2. The van der Waals surface area contributed by atoms with Gasteiger partial charge in [0.15, 0.2) is 0 Å². The highest BCUT2D eigenvalue weighted by Crippen LogP contribution is 2.33. The van der Waals surface area contributed by atoms with Crippen molar-refractivity contribution in [2.45, 2.75) is 25.8 Å². The molecule has 0 bridgehead atoms. The molecule has 3 heteroatoms. The standard InChI is InChI=1S/C15H19N3/c1-15(2,10-16)18-8-7-12-9-11-5-3-4-6-13(11)17-14(12)18/h3-6,9H,7-8,10,16H2,1-2H3. The zero-order valence-corrected chi connectivity index (χ0v) is 11.0. The lowest BCUT2D eigenvalue weighted by Gasteiger charge is -2.36. The zero-order chi connectivity index (χ0) is 12.8. The molecule has 0 fully saturated rings. The average molecular weight is 241 g/mol. The Bertz CT molecular complexity index is 589. The van der Waals surface area contributed by atoms with Crippen molar-refractivity contribution >= 4 is 16.7 Å². The van der Waals surface area contributed by atoms with Gasteiger partial charge in [0.1, 0.15) is 5.82 Å². The first-order valence-electron chi connectivity index (χ1n) is 6.48. The molecule has 2 heterocycles. The van der Waals surface area contributed by atoms with Crippen LogP contribution in [0.2, 0.25) is 0 Å². The summed E-state index contributed by atoms with van der Waals surface area (Å²) in [5.41, 5.74) is 8.27. The van der Waals surface area contributed by atoms with Crippen molar-refractivity contribution in [2.24, 2.45) is 5.73 Å². The Morgan fingerprint density at radius 2 is 2.11 bits per heavy atom. The molecule has 1 aromatic heterocycles. The molecule has 18 heavy (non-hydrogen) atoms. The quantitative estimate of drug-likeness (QED) is 0.877. The molecule has 3 nitrogen and oxygen atoms in total. The van der Waals surface area contributed by atoms with Crippen LogP contribution in [0.4, 0.5) is 5.82 Å². The summed E-state index contributed by atoms with van der Waals surface area (Å²) in [6.07, 6.45) is 1.07. The number of nitrogens with two attached hydrogens (primary N) is 1. The lowest BCUT2D eigenvalue weighted by atomic mass is 10.0. The maximum atomic E-state index is 5.89. The van der Waals surface area contributed by atoms with E-state index in [1.54, 1.807) is 0 Å². The minimum atomic E-state index is -0.0271. The Morgan fingerprint density at radius 3 is 2.89 bits per heavy atom. The van der Waals surface area contributed by atoms with Crippen molar-refractivity contribution in [1.82, 2.24) is 4.98 Å². The topological polar surface area (TPSA) is 42.1 Å². The van der Waals surface area contributed by atoms with Crippen molar-refractivity contribution < 1.29 is 0 Å².